The van der Waals surface area contributed by atoms with E-state index in [1.165, 1.54) is 29.5 Å². The lowest BCUT2D eigenvalue weighted by atomic mass is 10.1. The van der Waals surface area contributed by atoms with Gasteiger partial charge in [0.25, 0.3) is 0 Å². The molecule has 0 saturated heterocycles. The van der Waals surface area contributed by atoms with E-state index < -0.39 is 5.82 Å². The lowest BCUT2D eigenvalue weighted by Gasteiger charge is -2.04. The molecule has 0 unspecified atom stereocenters. The number of carbonyl (C=O) groups excluding carboxylic acids is 1. The number of halogens is 2. The number of amides is 1. The number of benzene rings is 1. The monoisotopic (exact) mass is 347 g/mol. The summed E-state index contributed by atoms with van der Waals surface area (Å²) in [5, 5.41) is 5.36. The van der Waals surface area contributed by atoms with Crippen LogP contribution >= 0.6 is 22.9 Å². The Bertz CT molecular complexity index is 838. The molecule has 3 aromatic rings. The van der Waals surface area contributed by atoms with Crippen LogP contribution in [0.15, 0.2) is 48.1 Å². The summed E-state index contributed by atoms with van der Waals surface area (Å²) in [5.74, 6) is -0.803. The van der Waals surface area contributed by atoms with Gasteiger partial charge < -0.3 is 5.32 Å². The van der Waals surface area contributed by atoms with Crippen LogP contribution in [0.2, 0.25) is 5.02 Å². The molecule has 1 amide bonds. The average Bonchev–Trinajstić information content (AvgIpc) is 3.00. The summed E-state index contributed by atoms with van der Waals surface area (Å²) in [6.07, 6.45) is 3.25. The Balaban J connectivity index is 1.69. The minimum absolute atomic E-state index is 0.101. The quantitative estimate of drug-likeness (QED) is 0.770. The first-order valence-electron chi connectivity index (χ1n) is 6.71. The molecule has 0 aliphatic carbocycles. The second kappa shape index (κ2) is 6.85. The molecule has 0 atom stereocenters. The van der Waals surface area contributed by atoms with Crippen LogP contribution in [0.25, 0.3) is 11.3 Å². The molecule has 2 aromatic heterocycles. The first-order chi connectivity index (χ1) is 11.1. The largest absolute Gasteiger partial charge is 0.302 e. The number of hydrogen-bond donors (Lipinski definition) is 1. The Morgan fingerprint density at radius 2 is 2.04 bits per heavy atom. The highest BCUT2D eigenvalue weighted by Gasteiger charge is 2.11. The molecule has 116 valence electrons. The van der Waals surface area contributed by atoms with Gasteiger partial charge in [0.05, 0.1) is 12.1 Å². The first-order valence-corrected chi connectivity index (χ1v) is 7.97. The van der Waals surface area contributed by atoms with Crippen molar-refractivity contribution in [2.24, 2.45) is 0 Å². The van der Waals surface area contributed by atoms with Crippen molar-refractivity contribution in [3.05, 3.63) is 64.5 Å². The number of carbonyl (C=O) groups is 1. The Labute approximate surface area is 141 Å². The first kappa shape index (κ1) is 15.6. The minimum Gasteiger partial charge on any atom is -0.302 e. The summed E-state index contributed by atoms with van der Waals surface area (Å²) in [5.41, 5.74) is 1.92. The third-order valence-electron chi connectivity index (χ3n) is 3.09. The maximum atomic E-state index is 13.6. The predicted molar refractivity (Wildman–Crippen MR) is 89.1 cm³/mol. The fourth-order valence-corrected chi connectivity index (χ4v) is 2.93. The fraction of sp³-hybridized carbons (Fsp3) is 0.0625. The van der Waals surface area contributed by atoms with Crippen LogP contribution in [-0.4, -0.2) is 15.9 Å². The third-order valence-corrected chi connectivity index (χ3v) is 4.08. The van der Waals surface area contributed by atoms with E-state index in [1.54, 1.807) is 12.4 Å². The van der Waals surface area contributed by atoms with Gasteiger partial charge in [-0.15, -0.1) is 11.3 Å². The highest BCUT2D eigenvalue weighted by atomic mass is 35.5. The molecule has 3 rings (SSSR count). The van der Waals surface area contributed by atoms with Crippen molar-refractivity contribution in [1.82, 2.24) is 9.97 Å². The number of thiazole rings is 1. The molecule has 0 bridgehead atoms. The standard InChI is InChI=1S/C16H11ClFN3OS/c17-12-1-2-13(18)11(7-12)8-15(22)21-16-20-14(9-23-16)10-3-5-19-6-4-10/h1-7,9H,8H2,(H,20,21,22). The lowest BCUT2D eigenvalue weighted by Crippen LogP contribution is -2.15. The van der Waals surface area contributed by atoms with E-state index in [0.717, 1.165) is 11.3 Å². The molecule has 0 radical (unpaired) electrons. The number of hydrogen-bond acceptors (Lipinski definition) is 4. The van der Waals surface area contributed by atoms with Gasteiger partial charge in [-0.1, -0.05) is 11.6 Å². The smallest absolute Gasteiger partial charge is 0.230 e. The summed E-state index contributed by atoms with van der Waals surface area (Å²) in [6.45, 7) is 0. The molecule has 0 aliphatic heterocycles. The maximum Gasteiger partial charge on any atom is 0.230 e. The van der Waals surface area contributed by atoms with E-state index in [0.29, 0.717) is 10.2 Å². The van der Waals surface area contributed by atoms with E-state index in [2.05, 4.69) is 15.3 Å². The third kappa shape index (κ3) is 3.91. The molecule has 0 fully saturated rings. The zero-order valence-electron chi connectivity index (χ0n) is 11.8. The van der Waals surface area contributed by atoms with Crippen molar-refractivity contribution in [3.63, 3.8) is 0 Å². The van der Waals surface area contributed by atoms with Crippen molar-refractivity contribution < 1.29 is 9.18 Å². The minimum atomic E-state index is -0.457. The molecular weight excluding hydrogens is 337 g/mol. The Morgan fingerprint density at radius 3 is 2.83 bits per heavy atom. The van der Waals surface area contributed by atoms with E-state index >= 15 is 0 Å². The molecular formula is C16H11ClFN3OS. The molecule has 2 heterocycles. The van der Waals surface area contributed by atoms with Gasteiger partial charge in [0.2, 0.25) is 5.91 Å². The highest BCUT2D eigenvalue weighted by molar-refractivity contribution is 7.14. The van der Waals surface area contributed by atoms with Gasteiger partial charge in [-0.05, 0) is 35.9 Å². The molecule has 0 aliphatic rings. The zero-order chi connectivity index (χ0) is 16.2. The SMILES string of the molecule is O=C(Cc1cc(Cl)ccc1F)Nc1nc(-c2ccncc2)cs1. The van der Waals surface area contributed by atoms with Gasteiger partial charge >= 0.3 is 0 Å². The summed E-state index contributed by atoms with van der Waals surface area (Å²) in [4.78, 5) is 20.3. The topological polar surface area (TPSA) is 54.9 Å². The second-order valence-electron chi connectivity index (χ2n) is 4.73. The van der Waals surface area contributed by atoms with Gasteiger partial charge in [-0.25, -0.2) is 9.37 Å². The summed E-state index contributed by atoms with van der Waals surface area (Å²) >= 11 is 7.13. The summed E-state index contributed by atoms with van der Waals surface area (Å²) in [7, 11) is 0. The van der Waals surface area contributed by atoms with Crippen LogP contribution in [0.1, 0.15) is 5.56 Å². The number of rotatable bonds is 4. The van der Waals surface area contributed by atoms with Gasteiger partial charge in [-0.3, -0.25) is 9.78 Å². The molecule has 0 saturated carbocycles. The molecule has 0 spiro atoms. The molecule has 1 aromatic carbocycles. The van der Waals surface area contributed by atoms with E-state index in [4.69, 9.17) is 11.6 Å². The lowest BCUT2D eigenvalue weighted by molar-refractivity contribution is -0.115. The van der Waals surface area contributed by atoms with Crippen LogP contribution in [0, 0.1) is 5.82 Å². The van der Waals surface area contributed by atoms with Crippen molar-refractivity contribution in [2.45, 2.75) is 6.42 Å². The number of nitrogens with zero attached hydrogens (tertiary/aromatic N) is 2. The molecule has 1 N–H and O–H groups in total. The number of aromatic nitrogens is 2. The van der Waals surface area contributed by atoms with Crippen LogP contribution in [0.4, 0.5) is 9.52 Å². The Morgan fingerprint density at radius 1 is 1.26 bits per heavy atom. The van der Waals surface area contributed by atoms with Crippen LogP contribution < -0.4 is 5.32 Å². The second-order valence-corrected chi connectivity index (χ2v) is 6.03. The van der Waals surface area contributed by atoms with Crippen molar-refractivity contribution in [3.8, 4) is 11.3 Å². The zero-order valence-corrected chi connectivity index (χ0v) is 13.4. The van der Waals surface area contributed by atoms with Gasteiger partial charge in [0.1, 0.15) is 5.82 Å². The average molecular weight is 348 g/mol. The number of nitrogens with one attached hydrogen (secondary N) is 1. The van der Waals surface area contributed by atoms with Gasteiger partial charge in [0.15, 0.2) is 5.13 Å². The van der Waals surface area contributed by atoms with Gasteiger partial charge in [0, 0.05) is 28.4 Å². The van der Waals surface area contributed by atoms with E-state index in [-0.39, 0.29) is 17.9 Å². The molecule has 4 nitrogen and oxygen atoms in total. The van der Waals surface area contributed by atoms with Crippen LogP contribution in [0.5, 0.6) is 0 Å². The van der Waals surface area contributed by atoms with E-state index in [1.807, 2.05) is 17.5 Å². The maximum absolute atomic E-state index is 13.6. The molecule has 23 heavy (non-hydrogen) atoms. The van der Waals surface area contributed by atoms with E-state index in [9.17, 15) is 9.18 Å². The summed E-state index contributed by atoms with van der Waals surface area (Å²) < 4.78 is 13.6. The van der Waals surface area contributed by atoms with Crippen molar-refractivity contribution in [2.75, 3.05) is 5.32 Å². The summed E-state index contributed by atoms with van der Waals surface area (Å²) in [6, 6.07) is 7.81. The number of pyridine rings is 1. The highest BCUT2D eigenvalue weighted by Crippen LogP contribution is 2.24. The Kier molecular flexibility index (Phi) is 4.64. The number of anilines is 1. The Hall–Kier alpha value is -2.31. The normalized spacial score (nSPS) is 10.5. The van der Waals surface area contributed by atoms with Crippen molar-refractivity contribution in [1.29, 1.82) is 0 Å². The fourth-order valence-electron chi connectivity index (χ4n) is 2.00. The van der Waals surface area contributed by atoms with Crippen LogP contribution in [-0.2, 0) is 11.2 Å². The molecule has 7 heteroatoms. The van der Waals surface area contributed by atoms with Crippen LogP contribution in [0.3, 0.4) is 0 Å². The van der Waals surface area contributed by atoms with Crippen molar-refractivity contribution >= 4 is 34.0 Å². The predicted octanol–water partition coefficient (Wildman–Crippen LogP) is 4.18. The van der Waals surface area contributed by atoms with Gasteiger partial charge in [-0.2, -0.15) is 0 Å².